The van der Waals surface area contributed by atoms with Gasteiger partial charge in [0.1, 0.15) is 0 Å². The highest BCUT2D eigenvalue weighted by Crippen LogP contribution is 2.22. The lowest BCUT2D eigenvalue weighted by Crippen LogP contribution is -2.24. The number of hydrogen-bond acceptors (Lipinski definition) is 4. The molecule has 8 heteroatoms. The second-order valence-corrected chi connectivity index (χ2v) is 7.64. The molecule has 3 rings (SSSR count). The predicted octanol–water partition coefficient (Wildman–Crippen LogP) is 2.57. The van der Waals surface area contributed by atoms with Crippen molar-refractivity contribution in [3.8, 4) is 0 Å². The van der Waals surface area contributed by atoms with Crippen LogP contribution in [0.25, 0.3) is 11.1 Å². The minimum Gasteiger partial charge on any atom is -0.408 e. The van der Waals surface area contributed by atoms with Gasteiger partial charge in [0.15, 0.2) is 5.58 Å². The van der Waals surface area contributed by atoms with Gasteiger partial charge in [0, 0.05) is 24.7 Å². The molecule has 2 aromatic carbocycles. The molecule has 3 aromatic rings. The Labute approximate surface area is 143 Å². The fourth-order valence-corrected chi connectivity index (χ4v) is 3.79. The molecule has 0 amide bonds. The molecule has 0 aliphatic rings. The van der Waals surface area contributed by atoms with Gasteiger partial charge in [-0.3, -0.25) is 4.57 Å². The van der Waals surface area contributed by atoms with Crippen molar-refractivity contribution in [2.45, 2.75) is 18.4 Å². The lowest BCUT2D eigenvalue weighted by atomic mass is 10.2. The van der Waals surface area contributed by atoms with E-state index in [1.807, 2.05) is 0 Å². The number of hydrogen-bond donors (Lipinski definition) is 1. The van der Waals surface area contributed by atoms with Crippen molar-refractivity contribution < 1.29 is 12.8 Å². The molecule has 0 unspecified atom stereocenters. The molecule has 6 nitrogen and oxygen atoms in total. The van der Waals surface area contributed by atoms with Crippen LogP contribution in [0.15, 0.2) is 50.5 Å². The van der Waals surface area contributed by atoms with E-state index in [-0.39, 0.29) is 17.0 Å². The Hall–Kier alpha value is -2.09. The van der Waals surface area contributed by atoms with E-state index in [0.717, 1.165) is 5.56 Å². The third kappa shape index (κ3) is 3.10. The van der Waals surface area contributed by atoms with E-state index >= 15 is 0 Å². The topological polar surface area (TPSA) is 81.3 Å². The van der Waals surface area contributed by atoms with Gasteiger partial charge >= 0.3 is 5.76 Å². The molecule has 0 radical (unpaired) electrons. The lowest BCUT2D eigenvalue weighted by molar-refractivity contribution is 0.527. The van der Waals surface area contributed by atoms with E-state index < -0.39 is 15.8 Å². The standard InChI is InChI=1S/C16H15ClN2O4S/c1-10-7-13-14(23-16(20)19(13)2)8-15(10)24(21,22)18-9-11-3-5-12(17)6-4-11/h3-8,18H,9H2,1-2H3. The van der Waals surface area contributed by atoms with E-state index in [9.17, 15) is 13.2 Å². The molecular weight excluding hydrogens is 352 g/mol. The largest absolute Gasteiger partial charge is 0.419 e. The molecule has 24 heavy (non-hydrogen) atoms. The number of rotatable bonds is 4. The first kappa shape index (κ1) is 16.8. The maximum Gasteiger partial charge on any atom is 0.419 e. The highest BCUT2D eigenvalue weighted by Gasteiger charge is 2.19. The number of benzene rings is 2. The minimum absolute atomic E-state index is 0.0818. The highest BCUT2D eigenvalue weighted by atomic mass is 35.5. The number of oxazole rings is 1. The van der Waals surface area contributed by atoms with Gasteiger partial charge in [-0.05, 0) is 36.2 Å². The Kier molecular flexibility index (Phi) is 4.25. The molecule has 126 valence electrons. The fraction of sp³-hybridized carbons (Fsp3) is 0.188. The van der Waals surface area contributed by atoms with Crippen LogP contribution in [-0.4, -0.2) is 13.0 Å². The summed E-state index contributed by atoms with van der Waals surface area (Å²) >= 11 is 5.81. The maximum atomic E-state index is 12.6. The summed E-state index contributed by atoms with van der Waals surface area (Å²) in [6.45, 7) is 1.81. The number of nitrogens with one attached hydrogen (secondary N) is 1. The number of aromatic nitrogens is 1. The van der Waals surface area contributed by atoms with Crippen LogP contribution in [-0.2, 0) is 23.6 Å². The van der Waals surface area contributed by atoms with Gasteiger partial charge in [-0.15, -0.1) is 0 Å². The van der Waals surface area contributed by atoms with Crippen LogP contribution in [0.2, 0.25) is 5.02 Å². The van der Waals surface area contributed by atoms with E-state index in [4.69, 9.17) is 16.0 Å². The van der Waals surface area contributed by atoms with E-state index in [1.54, 1.807) is 44.3 Å². The van der Waals surface area contributed by atoms with Gasteiger partial charge in [-0.25, -0.2) is 17.9 Å². The van der Waals surface area contributed by atoms with E-state index in [0.29, 0.717) is 16.1 Å². The van der Waals surface area contributed by atoms with Gasteiger partial charge in [0.25, 0.3) is 0 Å². The smallest absolute Gasteiger partial charge is 0.408 e. The molecule has 1 heterocycles. The lowest BCUT2D eigenvalue weighted by Gasteiger charge is -2.09. The zero-order valence-electron chi connectivity index (χ0n) is 13.0. The van der Waals surface area contributed by atoms with Crippen LogP contribution in [0.1, 0.15) is 11.1 Å². The number of halogens is 1. The first-order chi connectivity index (χ1) is 11.3. The van der Waals surface area contributed by atoms with Gasteiger partial charge < -0.3 is 4.42 Å². The Morgan fingerprint density at radius 2 is 1.88 bits per heavy atom. The number of sulfonamides is 1. The van der Waals surface area contributed by atoms with Crippen molar-refractivity contribution in [2.24, 2.45) is 7.05 Å². The van der Waals surface area contributed by atoms with Crippen LogP contribution in [0.3, 0.4) is 0 Å². The Morgan fingerprint density at radius 3 is 2.54 bits per heavy atom. The molecule has 0 saturated heterocycles. The van der Waals surface area contributed by atoms with Crippen LogP contribution in [0.5, 0.6) is 0 Å². The molecule has 0 spiro atoms. The highest BCUT2D eigenvalue weighted by molar-refractivity contribution is 7.89. The third-order valence-corrected chi connectivity index (χ3v) is 5.55. The maximum absolute atomic E-state index is 12.6. The van der Waals surface area contributed by atoms with Crippen molar-refractivity contribution >= 4 is 32.7 Å². The summed E-state index contributed by atoms with van der Waals surface area (Å²) < 4.78 is 34.1. The summed E-state index contributed by atoms with van der Waals surface area (Å²) in [5, 5.41) is 0.585. The summed E-state index contributed by atoms with van der Waals surface area (Å²) in [6.07, 6.45) is 0. The number of nitrogens with zero attached hydrogens (tertiary/aromatic N) is 1. The molecule has 1 aromatic heterocycles. The molecule has 1 N–H and O–H groups in total. The molecular formula is C16H15ClN2O4S. The van der Waals surface area contributed by atoms with Gasteiger partial charge in [0.2, 0.25) is 10.0 Å². The van der Waals surface area contributed by atoms with Crippen molar-refractivity contribution in [1.29, 1.82) is 0 Å². The zero-order valence-corrected chi connectivity index (χ0v) is 14.6. The fourth-order valence-electron chi connectivity index (χ4n) is 2.41. The zero-order chi connectivity index (χ0) is 17.5. The normalized spacial score (nSPS) is 12.0. The summed E-state index contributed by atoms with van der Waals surface area (Å²) in [4.78, 5) is 11.7. The Bertz CT molecular complexity index is 1070. The van der Waals surface area contributed by atoms with Crippen molar-refractivity contribution in [3.63, 3.8) is 0 Å². The summed E-state index contributed by atoms with van der Waals surface area (Å²) in [6, 6.07) is 9.88. The average molecular weight is 367 g/mol. The average Bonchev–Trinajstić information content (AvgIpc) is 2.81. The second kappa shape index (κ2) is 6.08. The summed E-state index contributed by atoms with van der Waals surface area (Å²) in [7, 11) is -2.18. The van der Waals surface area contributed by atoms with Crippen LogP contribution in [0, 0.1) is 6.92 Å². The number of aryl methyl sites for hydroxylation is 2. The minimum atomic E-state index is -3.75. The van der Waals surface area contributed by atoms with Crippen LogP contribution >= 0.6 is 11.6 Å². The van der Waals surface area contributed by atoms with Crippen molar-refractivity contribution in [2.75, 3.05) is 0 Å². The quantitative estimate of drug-likeness (QED) is 0.769. The summed E-state index contributed by atoms with van der Waals surface area (Å²) in [5.74, 6) is -0.534. The van der Waals surface area contributed by atoms with Crippen molar-refractivity contribution in [1.82, 2.24) is 9.29 Å². The molecule has 0 saturated carbocycles. The second-order valence-electron chi connectivity index (χ2n) is 5.46. The monoisotopic (exact) mass is 366 g/mol. The molecule has 0 fully saturated rings. The third-order valence-electron chi connectivity index (χ3n) is 3.76. The molecule has 0 aliphatic carbocycles. The first-order valence-corrected chi connectivity index (χ1v) is 8.98. The van der Waals surface area contributed by atoms with Gasteiger partial charge in [-0.2, -0.15) is 0 Å². The van der Waals surface area contributed by atoms with Crippen molar-refractivity contribution in [3.05, 3.63) is 63.1 Å². The van der Waals surface area contributed by atoms with Gasteiger partial charge in [-0.1, -0.05) is 23.7 Å². The van der Waals surface area contributed by atoms with Crippen LogP contribution in [0.4, 0.5) is 0 Å². The summed E-state index contributed by atoms with van der Waals surface area (Å²) in [5.41, 5.74) is 2.10. The molecule has 0 bridgehead atoms. The Balaban J connectivity index is 1.94. The van der Waals surface area contributed by atoms with E-state index in [2.05, 4.69) is 4.72 Å². The molecule has 0 atom stereocenters. The molecule has 0 aliphatic heterocycles. The number of fused-ring (bicyclic) bond motifs is 1. The SMILES string of the molecule is Cc1cc2c(cc1S(=O)(=O)NCc1ccc(Cl)cc1)oc(=O)n2C. The first-order valence-electron chi connectivity index (χ1n) is 7.12. The van der Waals surface area contributed by atoms with Gasteiger partial charge in [0.05, 0.1) is 10.4 Å². The van der Waals surface area contributed by atoms with E-state index in [1.165, 1.54) is 10.6 Å². The van der Waals surface area contributed by atoms with Crippen LogP contribution < -0.4 is 10.5 Å². The predicted molar refractivity (Wildman–Crippen MR) is 91.7 cm³/mol. The Morgan fingerprint density at radius 1 is 1.21 bits per heavy atom.